The maximum Gasteiger partial charge on any atom is 0.261 e. The van der Waals surface area contributed by atoms with Crippen LogP contribution in [-0.2, 0) is 10.0 Å². The third-order valence-corrected chi connectivity index (χ3v) is 4.87. The number of fused-ring (bicyclic) bond motifs is 1. The van der Waals surface area contributed by atoms with Crippen LogP contribution in [0.25, 0.3) is 0 Å². The lowest BCUT2D eigenvalue weighted by atomic mass is 10.2. The van der Waals surface area contributed by atoms with Crippen LogP contribution in [0.2, 0.25) is 0 Å². The Kier molecular flexibility index (Phi) is 4.54. The molecule has 25 heavy (non-hydrogen) atoms. The Morgan fingerprint density at radius 3 is 2.40 bits per heavy atom. The van der Waals surface area contributed by atoms with Crippen LogP contribution < -0.4 is 19.5 Å². The second-order valence-corrected chi connectivity index (χ2v) is 7.51. The number of amides is 1. The van der Waals surface area contributed by atoms with Crippen LogP contribution >= 0.6 is 0 Å². The summed E-state index contributed by atoms with van der Waals surface area (Å²) >= 11 is 0. The van der Waals surface area contributed by atoms with Crippen LogP contribution in [0.3, 0.4) is 0 Å². The summed E-state index contributed by atoms with van der Waals surface area (Å²) in [5.41, 5.74) is 0.765. The molecule has 0 aliphatic carbocycles. The largest absolute Gasteiger partial charge is 0.454 e. The minimum atomic E-state index is -3.77. The number of sulfonamides is 1. The molecule has 8 heteroatoms. The first kappa shape index (κ1) is 17.1. The van der Waals surface area contributed by atoms with Crippen molar-refractivity contribution in [2.45, 2.75) is 24.8 Å². The zero-order valence-corrected chi connectivity index (χ0v) is 14.6. The molecule has 1 aliphatic rings. The number of ether oxygens (including phenoxy) is 2. The smallest absolute Gasteiger partial charge is 0.261 e. The highest BCUT2D eigenvalue weighted by Crippen LogP contribution is 2.34. The third kappa shape index (κ3) is 3.85. The second-order valence-electron chi connectivity index (χ2n) is 5.83. The van der Waals surface area contributed by atoms with Gasteiger partial charge in [-0.3, -0.25) is 9.52 Å². The van der Waals surface area contributed by atoms with E-state index in [0.717, 1.165) is 0 Å². The SMILES string of the molecule is CC(C)NC(=O)c1ccc(S(=O)(=O)Nc2ccc3c(c2)OCO3)cc1. The molecule has 132 valence electrons. The number of carbonyl (C=O) groups is 1. The van der Waals surface area contributed by atoms with Crippen molar-refractivity contribution in [3.05, 3.63) is 48.0 Å². The lowest BCUT2D eigenvalue weighted by Crippen LogP contribution is -2.30. The van der Waals surface area contributed by atoms with Crippen LogP contribution in [-0.4, -0.2) is 27.2 Å². The van der Waals surface area contributed by atoms with Gasteiger partial charge in [-0.25, -0.2) is 8.42 Å². The van der Waals surface area contributed by atoms with E-state index in [0.29, 0.717) is 22.7 Å². The second kappa shape index (κ2) is 6.64. The van der Waals surface area contributed by atoms with Crippen LogP contribution in [0, 0.1) is 0 Å². The number of rotatable bonds is 5. The molecule has 0 atom stereocenters. The molecule has 0 fully saturated rings. The molecule has 0 radical (unpaired) electrons. The molecule has 0 spiro atoms. The van der Waals surface area contributed by atoms with Gasteiger partial charge in [0.15, 0.2) is 11.5 Å². The summed E-state index contributed by atoms with van der Waals surface area (Å²) in [5.74, 6) is 0.812. The van der Waals surface area contributed by atoms with E-state index < -0.39 is 10.0 Å². The summed E-state index contributed by atoms with van der Waals surface area (Å²) in [4.78, 5) is 12.0. The fourth-order valence-corrected chi connectivity index (χ4v) is 3.35. The number of hydrogen-bond acceptors (Lipinski definition) is 5. The first-order valence-corrected chi connectivity index (χ1v) is 9.17. The van der Waals surface area contributed by atoms with Gasteiger partial charge in [-0.1, -0.05) is 0 Å². The van der Waals surface area contributed by atoms with Crippen molar-refractivity contribution in [3.63, 3.8) is 0 Å². The molecule has 2 aromatic carbocycles. The molecule has 2 N–H and O–H groups in total. The molecule has 0 aromatic heterocycles. The van der Waals surface area contributed by atoms with E-state index in [2.05, 4.69) is 10.0 Å². The molecular formula is C17H18N2O5S. The zero-order valence-electron chi connectivity index (χ0n) is 13.8. The summed E-state index contributed by atoms with van der Waals surface area (Å²) < 4.78 is 37.9. The fourth-order valence-electron chi connectivity index (χ4n) is 2.31. The Morgan fingerprint density at radius 1 is 1.04 bits per heavy atom. The Hall–Kier alpha value is -2.74. The summed E-state index contributed by atoms with van der Waals surface area (Å²) in [6.45, 7) is 3.82. The van der Waals surface area contributed by atoms with Gasteiger partial charge < -0.3 is 14.8 Å². The highest BCUT2D eigenvalue weighted by molar-refractivity contribution is 7.92. The first-order chi connectivity index (χ1) is 11.8. The van der Waals surface area contributed by atoms with E-state index >= 15 is 0 Å². The zero-order chi connectivity index (χ0) is 18.0. The summed E-state index contributed by atoms with van der Waals surface area (Å²) in [7, 11) is -3.77. The average Bonchev–Trinajstić information content (AvgIpc) is 3.01. The Bertz CT molecular complexity index is 892. The van der Waals surface area contributed by atoms with Crippen molar-refractivity contribution >= 4 is 21.6 Å². The van der Waals surface area contributed by atoms with Gasteiger partial charge in [-0.2, -0.15) is 0 Å². The van der Waals surface area contributed by atoms with Gasteiger partial charge in [0.25, 0.3) is 15.9 Å². The molecule has 1 heterocycles. The average molecular weight is 362 g/mol. The topological polar surface area (TPSA) is 93.7 Å². The highest BCUT2D eigenvalue weighted by atomic mass is 32.2. The highest BCUT2D eigenvalue weighted by Gasteiger charge is 2.18. The van der Waals surface area contributed by atoms with Gasteiger partial charge in [0.1, 0.15) is 0 Å². The summed E-state index contributed by atoms with van der Waals surface area (Å²) in [6, 6.07) is 10.5. The lowest BCUT2D eigenvalue weighted by molar-refractivity contribution is 0.0943. The maximum absolute atomic E-state index is 12.5. The van der Waals surface area contributed by atoms with Gasteiger partial charge >= 0.3 is 0 Å². The lowest BCUT2D eigenvalue weighted by Gasteiger charge is -2.10. The number of anilines is 1. The minimum Gasteiger partial charge on any atom is -0.454 e. The van der Waals surface area contributed by atoms with Crippen LogP contribution in [0.1, 0.15) is 24.2 Å². The quantitative estimate of drug-likeness (QED) is 0.852. The van der Waals surface area contributed by atoms with E-state index in [1.54, 1.807) is 18.2 Å². The molecule has 0 unspecified atom stereocenters. The minimum absolute atomic E-state index is 0.00332. The Morgan fingerprint density at radius 2 is 1.72 bits per heavy atom. The molecule has 7 nitrogen and oxygen atoms in total. The number of benzene rings is 2. The van der Waals surface area contributed by atoms with E-state index in [4.69, 9.17) is 9.47 Å². The van der Waals surface area contributed by atoms with Gasteiger partial charge in [0.05, 0.1) is 10.6 Å². The van der Waals surface area contributed by atoms with Crippen LogP contribution in [0.15, 0.2) is 47.4 Å². The van der Waals surface area contributed by atoms with Crippen molar-refractivity contribution in [1.82, 2.24) is 5.32 Å². The summed E-state index contributed by atoms with van der Waals surface area (Å²) in [6.07, 6.45) is 0. The number of hydrogen-bond donors (Lipinski definition) is 2. The molecule has 1 amide bonds. The molecule has 3 rings (SSSR count). The maximum atomic E-state index is 12.5. The van der Waals surface area contributed by atoms with Crippen LogP contribution in [0.4, 0.5) is 5.69 Å². The molecular weight excluding hydrogens is 344 g/mol. The van der Waals surface area contributed by atoms with Crippen molar-refractivity contribution in [2.75, 3.05) is 11.5 Å². The van der Waals surface area contributed by atoms with E-state index in [1.165, 1.54) is 24.3 Å². The Labute approximate surface area is 146 Å². The van der Waals surface area contributed by atoms with Gasteiger partial charge in [0.2, 0.25) is 6.79 Å². The number of carbonyl (C=O) groups excluding carboxylic acids is 1. The van der Waals surface area contributed by atoms with Crippen molar-refractivity contribution in [1.29, 1.82) is 0 Å². The normalized spacial score (nSPS) is 12.9. The molecule has 0 saturated heterocycles. The monoisotopic (exact) mass is 362 g/mol. The fraction of sp³-hybridized carbons (Fsp3) is 0.235. The molecule has 0 bridgehead atoms. The summed E-state index contributed by atoms with van der Waals surface area (Å²) in [5, 5.41) is 2.75. The van der Waals surface area contributed by atoms with E-state index in [9.17, 15) is 13.2 Å². The van der Waals surface area contributed by atoms with Gasteiger partial charge in [-0.15, -0.1) is 0 Å². The van der Waals surface area contributed by atoms with Gasteiger partial charge in [-0.05, 0) is 50.2 Å². The molecule has 2 aromatic rings. The Balaban J connectivity index is 1.77. The van der Waals surface area contributed by atoms with Gasteiger partial charge in [0, 0.05) is 17.7 Å². The third-order valence-electron chi connectivity index (χ3n) is 3.47. The van der Waals surface area contributed by atoms with Crippen LogP contribution in [0.5, 0.6) is 11.5 Å². The van der Waals surface area contributed by atoms with Crippen molar-refractivity contribution in [3.8, 4) is 11.5 Å². The molecule has 0 saturated carbocycles. The standard InChI is InChI=1S/C17H18N2O5S/c1-11(2)18-17(20)12-3-6-14(7-4-12)25(21,22)19-13-5-8-15-16(9-13)24-10-23-15/h3-9,11,19H,10H2,1-2H3,(H,18,20). The predicted molar refractivity (Wildman–Crippen MR) is 92.4 cm³/mol. The number of nitrogens with one attached hydrogen (secondary N) is 2. The predicted octanol–water partition coefficient (Wildman–Crippen LogP) is 2.35. The first-order valence-electron chi connectivity index (χ1n) is 7.68. The van der Waals surface area contributed by atoms with Crippen molar-refractivity contribution in [2.24, 2.45) is 0 Å². The molecule has 1 aliphatic heterocycles. The van der Waals surface area contributed by atoms with Crippen molar-refractivity contribution < 1.29 is 22.7 Å². The van der Waals surface area contributed by atoms with E-state index in [1.807, 2.05) is 13.8 Å². The van der Waals surface area contributed by atoms with E-state index in [-0.39, 0.29) is 23.6 Å².